The summed E-state index contributed by atoms with van der Waals surface area (Å²) in [7, 11) is -3.57. The normalized spacial score (nSPS) is 15.4. The van der Waals surface area contributed by atoms with Gasteiger partial charge in [-0.1, -0.05) is 26.3 Å². The van der Waals surface area contributed by atoms with Gasteiger partial charge in [-0.2, -0.15) is 4.31 Å². The van der Waals surface area contributed by atoms with Crippen LogP contribution in [0, 0.1) is 6.92 Å². The number of thioether (sulfide) groups is 1. The van der Waals surface area contributed by atoms with E-state index in [4.69, 9.17) is 0 Å². The van der Waals surface area contributed by atoms with Crippen LogP contribution >= 0.6 is 11.8 Å². The summed E-state index contributed by atoms with van der Waals surface area (Å²) in [6.07, 6.45) is 4.67. The third kappa shape index (κ3) is 4.84. The Morgan fingerprint density at radius 2 is 1.87 bits per heavy atom. The maximum atomic E-state index is 13.0. The van der Waals surface area contributed by atoms with Crippen LogP contribution in [0.1, 0.15) is 60.9 Å². The molecule has 1 N–H and O–H groups in total. The highest BCUT2D eigenvalue weighted by atomic mass is 32.2. The van der Waals surface area contributed by atoms with Crippen molar-refractivity contribution < 1.29 is 13.2 Å². The van der Waals surface area contributed by atoms with Gasteiger partial charge >= 0.3 is 0 Å². The molecule has 0 bridgehead atoms. The van der Waals surface area contributed by atoms with Crippen molar-refractivity contribution in [3.63, 3.8) is 0 Å². The van der Waals surface area contributed by atoms with Crippen LogP contribution in [0.2, 0.25) is 0 Å². The van der Waals surface area contributed by atoms with E-state index in [0.29, 0.717) is 40.9 Å². The van der Waals surface area contributed by atoms with Gasteiger partial charge in [-0.25, -0.2) is 18.4 Å². The Hall–Kier alpha value is -1.97. The van der Waals surface area contributed by atoms with Gasteiger partial charge in [0, 0.05) is 24.7 Å². The molecule has 3 rings (SSSR count). The maximum absolute atomic E-state index is 13.0. The second kappa shape index (κ2) is 9.45. The predicted octanol–water partition coefficient (Wildman–Crippen LogP) is 4.06. The minimum Gasteiger partial charge on any atom is -0.322 e. The van der Waals surface area contributed by atoms with Crippen LogP contribution in [0.4, 0.5) is 5.69 Å². The SMILES string of the molecule is CSc1nc(C(C)C)nc(C)c1C(=O)Nc1cccc(S(=O)(=O)N2CCCCC2)c1. The number of anilines is 1. The van der Waals surface area contributed by atoms with Gasteiger partial charge in [-0.15, -0.1) is 11.8 Å². The predicted molar refractivity (Wildman–Crippen MR) is 120 cm³/mol. The molecule has 0 saturated carbocycles. The molecule has 1 aromatic heterocycles. The van der Waals surface area contributed by atoms with E-state index in [9.17, 15) is 13.2 Å². The molecule has 30 heavy (non-hydrogen) atoms. The van der Waals surface area contributed by atoms with Crippen LogP contribution in [0.3, 0.4) is 0 Å². The summed E-state index contributed by atoms with van der Waals surface area (Å²) in [5, 5.41) is 3.43. The third-order valence-corrected chi connectivity index (χ3v) is 7.63. The van der Waals surface area contributed by atoms with Crippen molar-refractivity contribution in [1.82, 2.24) is 14.3 Å². The summed E-state index contributed by atoms with van der Waals surface area (Å²) >= 11 is 1.39. The Morgan fingerprint density at radius 3 is 2.50 bits per heavy atom. The summed E-state index contributed by atoms with van der Waals surface area (Å²) < 4.78 is 27.4. The first-order chi connectivity index (χ1) is 14.2. The standard InChI is InChI=1S/C21H28N4O3S2/c1-14(2)19-22-15(3)18(21(24-19)29-4)20(26)23-16-9-8-10-17(13-16)30(27,28)25-11-6-5-7-12-25/h8-10,13-14H,5-7,11-12H2,1-4H3,(H,23,26). The Kier molecular flexibility index (Phi) is 7.15. The highest BCUT2D eigenvalue weighted by Gasteiger charge is 2.26. The monoisotopic (exact) mass is 448 g/mol. The van der Waals surface area contributed by atoms with Gasteiger partial charge in [-0.3, -0.25) is 4.79 Å². The molecule has 2 heterocycles. The summed E-state index contributed by atoms with van der Waals surface area (Å²) in [6, 6.07) is 6.41. The summed E-state index contributed by atoms with van der Waals surface area (Å²) in [5.41, 5.74) is 1.45. The van der Waals surface area contributed by atoms with Crippen LogP contribution in [0.5, 0.6) is 0 Å². The lowest BCUT2D eigenvalue weighted by atomic mass is 10.1. The number of aromatic nitrogens is 2. The zero-order chi connectivity index (χ0) is 21.9. The van der Waals surface area contributed by atoms with Crippen molar-refractivity contribution in [3.8, 4) is 0 Å². The molecule has 0 atom stereocenters. The van der Waals surface area contributed by atoms with E-state index in [0.717, 1.165) is 19.3 Å². The first-order valence-electron chi connectivity index (χ1n) is 10.1. The number of nitrogens with one attached hydrogen (secondary N) is 1. The van der Waals surface area contributed by atoms with E-state index in [1.165, 1.54) is 22.1 Å². The summed E-state index contributed by atoms with van der Waals surface area (Å²) in [5.74, 6) is 0.506. The first-order valence-corrected chi connectivity index (χ1v) is 12.7. The quantitative estimate of drug-likeness (QED) is 0.529. The van der Waals surface area contributed by atoms with E-state index in [1.54, 1.807) is 25.1 Å². The van der Waals surface area contributed by atoms with Gasteiger partial charge in [-0.05, 0) is 44.2 Å². The van der Waals surface area contributed by atoms with E-state index >= 15 is 0 Å². The number of hydrogen-bond acceptors (Lipinski definition) is 6. The Bertz CT molecular complexity index is 1030. The summed E-state index contributed by atoms with van der Waals surface area (Å²) in [6.45, 7) is 6.88. The van der Waals surface area contributed by atoms with Gasteiger partial charge in [0.05, 0.1) is 16.2 Å². The Balaban J connectivity index is 1.87. The number of sulfonamides is 1. The van der Waals surface area contributed by atoms with E-state index < -0.39 is 10.0 Å². The van der Waals surface area contributed by atoms with Crippen LogP contribution in [0.25, 0.3) is 0 Å². The van der Waals surface area contributed by atoms with Gasteiger partial charge < -0.3 is 5.32 Å². The number of hydrogen-bond donors (Lipinski definition) is 1. The second-order valence-electron chi connectivity index (χ2n) is 7.65. The van der Waals surface area contributed by atoms with E-state index in [-0.39, 0.29) is 16.7 Å². The lowest BCUT2D eigenvalue weighted by Crippen LogP contribution is -2.35. The number of carbonyl (C=O) groups is 1. The lowest BCUT2D eigenvalue weighted by molar-refractivity contribution is 0.102. The molecule has 1 aromatic carbocycles. The van der Waals surface area contributed by atoms with Gasteiger partial charge in [0.15, 0.2) is 0 Å². The van der Waals surface area contributed by atoms with Crippen molar-refractivity contribution in [2.24, 2.45) is 0 Å². The number of nitrogens with zero attached hydrogens (tertiary/aromatic N) is 3. The second-order valence-corrected chi connectivity index (χ2v) is 10.4. The molecule has 0 unspecified atom stereocenters. The summed E-state index contributed by atoms with van der Waals surface area (Å²) in [4.78, 5) is 22.2. The molecule has 0 spiro atoms. The molecule has 0 radical (unpaired) electrons. The van der Waals surface area contributed by atoms with Crippen LogP contribution in [0.15, 0.2) is 34.2 Å². The molecule has 1 fully saturated rings. The smallest absolute Gasteiger partial charge is 0.260 e. The van der Waals surface area contributed by atoms with Crippen LogP contribution < -0.4 is 5.32 Å². The van der Waals surface area contributed by atoms with Crippen LogP contribution in [-0.4, -0.2) is 47.9 Å². The number of carbonyl (C=O) groups excluding carboxylic acids is 1. The molecule has 1 saturated heterocycles. The van der Waals surface area contributed by atoms with Crippen molar-refractivity contribution in [1.29, 1.82) is 0 Å². The fraction of sp³-hybridized carbons (Fsp3) is 0.476. The molecule has 1 amide bonds. The fourth-order valence-electron chi connectivity index (χ4n) is 3.42. The maximum Gasteiger partial charge on any atom is 0.260 e. The lowest BCUT2D eigenvalue weighted by Gasteiger charge is -2.26. The molecular weight excluding hydrogens is 420 g/mol. The van der Waals surface area contributed by atoms with E-state index in [2.05, 4.69) is 15.3 Å². The number of amides is 1. The fourth-order valence-corrected chi connectivity index (χ4v) is 5.61. The van der Waals surface area contributed by atoms with Crippen molar-refractivity contribution in [2.75, 3.05) is 24.7 Å². The molecule has 9 heteroatoms. The number of piperidine rings is 1. The Morgan fingerprint density at radius 1 is 1.17 bits per heavy atom. The minimum atomic E-state index is -3.57. The molecule has 0 aliphatic carbocycles. The number of rotatable bonds is 6. The van der Waals surface area contributed by atoms with Gasteiger partial charge in [0.1, 0.15) is 10.9 Å². The largest absolute Gasteiger partial charge is 0.322 e. The number of benzene rings is 1. The molecule has 2 aromatic rings. The van der Waals surface area contributed by atoms with E-state index in [1.807, 2.05) is 20.1 Å². The molecule has 1 aliphatic heterocycles. The Labute approximate surface area is 182 Å². The zero-order valence-corrected chi connectivity index (χ0v) is 19.4. The minimum absolute atomic E-state index is 0.156. The molecule has 1 aliphatic rings. The number of aryl methyl sites for hydroxylation is 1. The highest BCUT2D eigenvalue weighted by molar-refractivity contribution is 7.98. The van der Waals surface area contributed by atoms with Crippen molar-refractivity contribution in [3.05, 3.63) is 41.3 Å². The van der Waals surface area contributed by atoms with Crippen LogP contribution in [-0.2, 0) is 10.0 Å². The average molecular weight is 449 g/mol. The van der Waals surface area contributed by atoms with Crippen molar-refractivity contribution >= 4 is 33.4 Å². The first kappa shape index (κ1) is 22.7. The average Bonchev–Trinajstić information content (AvgIpc) is 2.73. The van der Waals surface area contributed by atoms with Gasteiger partial charge in [0.2, 0.25) is 10.0 Å². The molecule has 162 valence electrons. The van der Waals surface area contributed by atoms with Gasteiger partial charge in [0.25, 0.3) is 5.91 Å². The molecule has 7 nitrogen and oxygen atoms in total. The topological polar surface area (TPSA) is 92.3 Å². The van der Waals surface area contributed by atoms with Crippen molar-refractivity contribution in [2.45, 2.75) is 55.9 Å². The third-order valence-electron chi connectivity index (χ3n) is 5.06. The molecular formula is C21H28N4O3S2. The highest BCUT2D eigenvalue weighted by Crippen LogP contribution is 2.26. The zero-order valence-electron chi connectivity index (χ0n) is 17.8.